The number of rotatable bonds is 5. The summed E-state index contributed by atoms with van der Waals surface area (Å²) in [7, 11) is -3.42. The van der Waals surface area contributed by atoms with Crippen LogP contribution in [0.4, 0.5) is 0 Å². The lowest BCUT2D eigenvalue weighted by Gasteiger charge is -2.32. The normalized spacial score (nSPS) is 20.0. The first-order valence-corrected chi connectivity index (χ1v) is 11.0. The molecule has 0 radical (unpaired) electrons. The summed E-state index contributed by atoms with van der Waals surface area (Å²) in [5.74, 6) is 0. The molecule has 1 unspecified atom stereocenters. The fourth-order valence-electron chi connectivity index (χ4n) is 3.08. The minimum absolute atomic E-state index is 0.00619. The fraction of sp³-hybridized carbons (Fsp3) is 0.500. The Kier molecular flexibility index (Phi) is 5.22. The zero-order chi connectivity index (χ0) is 16.4. The third-order valence-corrected chi connectivity index (χ3v) is 7.67. The number of nitrogens with zero attached hydrogens (tertiary/aromatic N) is 1. The van der Waals surface area contributed by atoms with E-state index in [0.29, 0.717) is 4.90 Å². The Bertz CT molecular complexity index is 750. The van der Waals surface area contributed by atoms with E-state index in [1.807, 2.05) is 13.8 Å². The zero-order valence-electron chi connectivity index (χ0n) is 13.4. The smallest absolute Gasteiger partial charge is 0.241 e. The van der Waals surface area contributed by atoms with E-state index in [-0.39, 0.29) is 6.04 Å². The molecular formula is C16H22N2O2S3. The van der Waals surface area contributed by atoms with Gasteiger partial charge in [-0.05, 0) is 50.7 Å². The minimum Gasteiger partial charge on any atom is -0.297 e. The molecule has 1 N–H and O–H groups in total. The van der Waals surface area contributed by atoms with Crippen molar-refractivity contribution < 1.29 is 8.42 Å². The summed E-state index contributed by atoms with van der Waals surface area (Å²) in [6, 6.07) is 5.96. The van der Waals surface area contributed by atoms with Crippen LogP contribution in [0.1, 0.15) is 27.5 Å². The SMILES string of the molecule is Cc1cc(S(=O)(=O)NC2CCCN(Cc3cccs3)C2)c(C)s1. The van der Waals surface area contributed by atoms with Crippen molar-refractivity contribution in [2.45, 2.75) is 44.2 Å². The van der Waals surface area contributed by atoms with E-state index in [0.717, 1.165) is 42.2 Å². The molecule has 23 heavy (non-hydrogen) atoms. The topological polar surface area (TPSA) is 49.4 Å². The van der Waals surface area contributed by atoms with Crippen molar-refractivity contribution in [2.75, 3.05) is 13.1 Å². The fourth-order valence-corrected chi connectivity index (χ4v) is 6.64. The van der Waals surface area contributed by atoms with E-state index in [4.69, 9.17) is 0 Å². The van der Waals surface area contributed by atoms with E-state index in [1.54, 1.807) is 17.4 Å². The Labute approximate surface area is 146 Å². The molecule has 0 spiro atoms. The largest absolute Gasteiger partial charge is 0.297 e. The molecule has 3 rings (SSSR count). The first kappa shape index (κ1) is 17.1. The second-order valence-electron chi connectivity index (χ2n) is 6.05. The van der Waals surface area contributed by atoms with Gasteiger partial charge in [0.2, 0.25) is 10.0 Å². The highest BCUT2D eigenvalue weighted by Crippen LogP contribution is 2.26. The maximum Gasteiger partial charge on any atom is 0.241 e. The van der Waals surface area contributed by atoms with Gasteiger partial charge < -0.3 is 0 Å². The summed E-state index contributed by atoms with van der Waals surface area (Å²) >= 11 is 3.29. The maximum absolute atomic E-state index is 12.6. The summed E-state index contributed by atoms with van der Waals surface area (Å²) in [6.07, 6.45) is 1.93. The van der Waals surface area contributed by atoms with Crippen LogP contribution < -0.4 is 4.72 Å². The Balaban J connectivity index is 1.66. The van der Waals surface area contributed by atoms with Crippen LogP contribution in [-0.4, -0.2) is 32.4 Å². The van der Waals surface area contributed by atoms with Gasteiger partial charge in [0.05, 0.1) is 4.90 Å². The van der Waals surface area contributed by atoms with E-state index < -0.39 is 10.0 Å². The van der Waals surface area contributed by atoms with Gasteiger partial charge >= 0.3 is 0 Å². The molecule has 0 saturated carbocycles. The highest BCUT2D eigenvalue weighted by molar-refractivity contribution is 7.89. The second kappa shape index (κ2) is 7.03. The van der Waals surface area contributed by atoms with Gasteiger partial charge in [-0.2, -0.15) is 0 Å². The molecule has 2 aromatic rings. The number of thiophene rings is 2. The third-order valence-electron chi connectivity index (χ3n) is 4.07. The monoisotopic (exact) mass is 370 g/mol. The molecule has 7 heteroatoms. The lowest BCUT2D eigenvalue weighted by atomic mass is 10.1. The molecular weight excluding hydrogens is 348 g/mol. The predicted molar refractivity (Wildman–Crippen MR) is 96.7 cm³/mol. The molecule has 2 aromatic heterocycles. The van der Waals surface area contributed by atoms with Gasteiger partial charge in [0.1, 0.15) is 0 Å². The third kappa shape index (κ3) is 4.22. The highest BCUT2D eigenvalue weighted by atomic mass is 32.2. The van der Waals surface area contributed by atoms with Gasteiger partial charge in [0.15, 0.2) is 0 Å². The number of aryl methyl sites for hydroxylation is 2. The van der Waals surface area contributed by atoms with Crippen LogP contribution in [0.25, 0.3) is 0 Å². The van der Waals surface area contributed by atoms with Gasteiger partial charge in [-0.1, -0.05) is 6.07 Å². The number of nitrogens with one attached hydrogen (secondary N) is 1. The number of hydrogen-bond acceptors (Lipinski definition) is 5. The molecule has 1 aliphatic rings. The minimum atomic E-state index is -3.42. The Morgan fingerprint density at radius 1 is 1.39 bits per heavy atom. The zero-order valence-corrected chi connectivity index (χ0v) is 15.9. The number of sulfonamides is 1. The molecule has 3 heterocycles. The van der Waals surface area contributed by atoms with Gasteiger partial charge in [-0.15, -0.1) is 22.7 Å². The van der Waals surface area contributed by atoms with Crippen molar-refractivity contribution in [3.05, 3.63) is 38.2 Å². The maximum atomic E-state index is 12.6. The highest BCUT2D eigenvalue weighted by Gasteiger charge is 2.27. The average molecular weight is 371 g/mol. The number of piperidine rings is 1. The number of hydrogen-bond donors (Lipinski definition) is 1. The molecule has 1 atom stereocenters. The first-order valence-electron chi connectivity index (χ1n) is 7.78. The van der Waals surface area contributed by atoms with Crippen molar-refractivity contribution in [3.8, 4) is 0 Å². The van der Waals surface area contributed by atoms with E-state index in [2.05, 4.69) is 27.1 Å². The standard InChI is InChI=1S/C16H22N2O2S3/c1-12-9-16(13(2)22-12)23(19,20)17-14-5-3-7-18(10-14)11-15-6-4-8-21-15/h4,6,8-9,14,17H,3,5,7,10-11H2,1-2H3. The summed E-state index contributed by atoms with van der Waals surface area (Å²) < 4.78 is 28.2. The average Bonchev–Trinajstić information content (AvgIpc) is 3.08. The lowest BCUT2D eigenvalue weighted by molar-refractivity contribution is 0.196. The second-order valence-corrected chi connectivity index (χ2v) is 10.2. The van der Waals surface area contributed by atoms with E-state index in [9.17, 15) is 8.42 Å². The quantitative estimate of drug-likeness (QED) is 0.878. The van der Waals surface area contributed by atoms with Crippen molar-refractivity contribution in [3.63, 3.8) is 0 Å². The summed E-state index contributed by atoms with van der Waals surface area (Å²) in [4.78, 5) is 6.01. The van der Waals surface area contributed by atoms with Crippen LogP contribution in [0.2, 0.25) is 0 Å². The van der Waals surface area contributed by atoms with Crippen LogP contribution in [0.15, 0.2) is 28.5 Å². The van der Waals surface area contributed by atoms with Gasteiger partial charge in [-0.3, -0.25) is 4.90 Å². The van der Waals surface area contributed by atoms with Crippen molar-refractivity contribution >= 4 is 32.7 Å². The molecule has 4 nitrogen and oxygen atoms in total. The van der Waals surface area contributed by atoms with Crippen LogP contribution in [-0.2, 0) is 16.6 Å². The Hall–Kier alpha value is -0.730. The van der Waals surface area contributed by atoms with Gasteiger partial charge in [0.25, 0.3) is 0 Å². The molecule has 126 valence electrons. The number of likely N-dealkylation sites (tertiary alicyclic amines) is 1. The van der Waals surface area contributed by atoms with Crippen molar-refractivity contribution in [2.24, 2.45) is 0 Å². The van der Waals surface area contributed by atoms with Gasteiger partial charge in [0, 0.05) is 33.8 Å². The van der Waals surface area contributed by atoms with E-state index >= 15 is 0 Å². The summed E-state index contributed by atoms with van der Waals surface area (Å²) in [5, 5.41) is 2.08. The van der Waals surface area contributed by atoms with Crippen LogP contribution in [0, 0.1) is 13.8 Å². The molecule has 1 aliphatic heterocycles. The van der Waals surface area contributed by atoms with Gasteiger partial charge in [-0.25, -0.2) is 13.1 Å². The predicted octanol–water partition coefficient (Wildman–Crippen LogP) is 3.37. The molecule has 1 saturated heterocycles. The molecule has 1 fully saturated rings. The lowest BCUT2D eigenvalue weighted by Crippen LogP contribution is -2.47. The van der Waals surface area contributed by atoms with Crippen molar-refractivity contribution in [1.82, 2.24) is 9.62 Å². The molecule has 0 amide bonds. The Morgan fingerprint density at radius 2 is 2.22 bits per heavy atom. The van der Waals surface area contributed by atoms with Crippen LogP contribution in [0.5, 0.6) is 0 Å². The summed E-state index contributed by atoms with van der Waals surface area (Å²) in [5.41, 5.74) is 0. The molecule has 0 aliphatic carbocycles. The molecule has 0 aromatic carbocycles. The van der Waals surface area contributed by atoms with Crippen molar-refractivity contribution in [1.29, 1.82) is 0 Å². The van der Waals surface area contributed by atoms with Crippen LogP contribution >= 0.6 is 22.7 Å². The van der Waals surface area contributed by atoms with Crippen LogP contribution in [0.3, 0.4) is 0 Å². The van der Waals surface area contributed by atoms with E-state index in [1.165, 1.54) is 16.2 Å². The Morgan fingerprint density at radius 3 is 2.87 bits per heavy atom. The molecule has 0 bridgehead atoms. The summed E-state index contributed by atoms with van der Waals surface area (Å²) in [6.45, 7) is 6.54. The first-order chi connectivity index (χ1) is 10.9.